The van der Waals surface area contributed by atoms with E-state index in [1.165, 1.54) is 6.20 Å². The van der Waals surface area contributed by atoms with E-state index in [2.05, 4.69) is 4.98 Å². The van der Waals surface area contributed by atoms with Crippen molar-refractivity contribution in [3.63, 3.8) is 0 Å². The molecule has 6 heteroatoms. The fraction of sp³-hybridized carbons (Fsp3) is 0.400. The zero-order valence-electron chi connectivity index (χ0n) is 8.72. The number of amides is 1. The monoisotopic (exact) mass is 244 g/mol. The number of hydrogen-bond acceptors (Lipinski definition) is 4. The number of primary amides is 1. The van der Waals surface area contributed by atoms with Gasteiger partial charge in [0, 0.05) is 11.8 Å². The number of nitrogens with zero attached hydrogens (tertiary/aromatic N) is 1. The molecule has 0 aliphatic carbocycles. The Morgan fingerprint density at radius 2 is 2.25 bits per heavy atom. The number of carbonyl (C=O) groups is 1. The van der Waals surface area contributed by atoms with E-state index < -0.39 is 18.1 Å². The molecular weight excluding hydrogens is 232 g/mol. The molecule has 0 aliphatic rings. The third kappa shape index (κ3) is 3.16. The van der Waals surface area contributed by atoms with Crippen LogP contribution in [0.3, 0.4) is 0 Å². The quantitative estimate of drug-likeness (QED) is 0.665. The summed E-state index contributed by atoms with van der Waals surface area (Å²) in [6, 6.07) is 1.60. The van der Waals surface area contributed by atoms with E-state index in [-0.39, 0.29) is 6.42 Å². The maximum absolute atomic E-state index is 10.6. The van der Waals surface area contributed by atoms with Gasteiger partial charge in [-0.1, -0.05) is 11.6 Å². The van der Waals surface area contributed by atoms with Gasteiger partial charge in [0.1, 0.15) is 11.3 Å². The van der Waals surface area contributed by atoms with Crippen LogP contribution in [0.25, 0.3) is 0 Å². The average molecular weight is 245 g/mol. The van der Waals surface area contributed by atoms with Crippen molar-refractivity contribution in [2.75, 3.05) is 0 Å². The summed E-state index contributed by atoms with van der Waals surface area (Å²) in [4.78, 5) is 14.4. The van der Waals surface area contributed by atoms with Gasteiger partial charge in [-0.05, 0) is 18.6 Å². The summed E-state index contributed by atoms with van der Waals surface area (Å²) in [7, 11) is 0. The van der Waals surface area contributed by atoms with Crippen molar-refractivity contribution in [2.24, 2.45) is 5.73 Å². The molecule has 16 heavy (non-hydrogen) atoms. The molecule has 0 aliphatic heterocycles. The van der Waals surface area contributed by atoms with Crippen LogP contribution in [0.2, 0.25) is 5.15 Å². The zero-order chi connectivity index (χ0) is 12.3. The van der Waals surface area contributed by atoms with Crippen molar-refractivity contribution >= 4 is 17.5 Å². The predicted octanol–water partition coefficient (Wildman–Crippen LogP) is 0.313. The maximum Gasteiger partial charge on any atom is 0.220 e. The molecule has 5 nitrogen and oxygen atoms in total. The van der Waals surface area contributed by atoms with Crippen molar-refractivity contribution in [3.05, 3.63) is 28.5 Å². The minimum absolute atomic E-state index is 0.303. The van der Waals surface area contributed by atoms with E-state index in [4.69, 9.17) is 17.3 Å². The van der Waals surface area contributed by atoms with Crippen LogP contribution in [0.4, 0.5) is 0 Å². The Hall–Kier alpha value is -1.17. The highest BCUT2D eigenvalue weighted by atomic mass is 35.5. The number of hydrogen-bond donors (Lipinski definition) is 3. The molecule has 1 heterocycles. The predicted molar refractivity (Wildman–Crippen MR) is 58.8 cm³/mol. The minimum Gasteiger partial charge on any atom is -0.390 e. The van der Waals surface area contributed by atoms with E-state index in [1.807, 2.05) is 0 Å². The van der Waals surface area contributed by atoms with Gasteiger partial charge in [0.05, 0.1) is 12.5 Å². The summed E-state index contributed by atoms with van der Waals surface area (Å²) < 4.78 is 0. The first kappa shape index (κ1) is 12.9. The summed E-state index contributed by atoms with van der Waals surface area (Å²) in [6.07, 6.45) is -1.39. The van der Waals surface area contributed by atoms with E-state index in [1.54, 1.807) is 13.0 Å². The lowest BCUT2D eigenvalue weighted by Crippen LogP contribution is -2.25. The van der Waals surface area contributed by atoms with Crippen LogP contribution >= 0.6 is 11.6 Å². The Morgan fingerprint density at radius 3 is 2.75 bits per heavy atom. The molecule has 4 N–H and O–H groups in total. The number of pyridine rings is 1. The lowest BCUT2D eigenvalue weighted by molar-refractivity contribution is -0.121. The lowest BCUT2D eigenvalue weighted by Gasteiger charge is -2.16. The van der Waals surface area contributed by atoms with Gasteiger partial charge in [-0.2, -0.15) is 0 Å². The van der Waals surface area contributed by atoms with Gasteiger partial charge < -0.3 is 15.9 Å². The SMILES string of the molecule is Cc1cc(C(O)C(O)CC(N)=O)cnc1Cl. The van der Waals surface area contributed by atoms with Crippen LogP contribution < -0.4 is 5.73 Å². The third-order valence-corrected chi connectivity index (χ3v) is 2.55. The van der Waals surface area contributed by atoms with Gasteiger partial charge in [-0.25, -0.2) is 4.98 Å². The van der Waals surface area contributed by atoms with Crippen LogP contribution in [0.1, 0.15) is 23.7 Å². The molecule has 2 atom stereocenters. The zero-order valence-corrected chi connectivity index (χ0v) is 9.48. The molecule has 88 valence electrons. The third-order valence-electron chi connectivity index (χ3n) is 2.15. The standard InChI is InChI=1S/C10H13ClN2O3/c1-5-2-6(4-13-10(5)11)9(16)7(14)3-8(12)15/h2,4,7,9,14,16H,3H2,1H3,(H2,12,15). The molecular formula is C10H13ClN2O3. The Bertz CT molecular complexity index is 398. The second-order valence-corrected chi connectivity index (χ2v) is 3.92. The molecule has 0 aromatic carbocycles. The fourth-order valence-corrected chi connectivity index (χ4v) is 1.38. The first-order chi connectivity index (χ1) is 7.41. The molecule has 1 amide bonds. The van der Waals surface area contributed by atoms with Crippen molar-refractivity contribution < 1.29 is 15.0 Å². The van der Waals surface area contributed by atoms with Crippen LogP contribution in [-0.2, 0) is 4.79 Å². The minimum atomic E-state index is -1.24. The number of nitrogens with two attached hydrogens (primary N) is 1. The van der Waals surface area contributed by atoms with Gasteiger partial charge in [-0.3, -0.25) is 4.79 Å². The number of carbonyl (C=O) groups excluding carboxylic acids is 1. The number of rotatable bonds is 4. The first-order valence-electron chi connectivity index (χ1n) is 4.68. The average Bonchev–Trinajstić information content (AvgIpc) is 2.20. The van der Waals surface area contributed by atoms with Gasteiger partial charge >= 0.3 is 0 Å². The van der Waals surface area contributed by atoms with Crippen LogP contribution in [0, 0.1) is 6.92 Å². The molecule has 0 saturated carbocycles. The van der Waals surface area contributed by atoms with Gasteiger partial charge in [-0.15, -0.1) is 0 Å². The summed E-state index contributed by atoms with van der Waals surface area (Å²) >= 11 is 5.72. The highest BCUT2D eigenvalue weighted by Crippen LogP contribution is 2.21. The van der Waals surface area contributed by atoms with Crippen LogP contribution in [0.15, 0.2) is 12.3 Å². The molecule has 2 unspecified atom stereocenters. The van der Waals surface area contributed by atoms with Crippen molar-refractivity contribution in [1.82, 2.24) is 4.98 Å². The number of aliphatic hydroxyl groups is 2. The second-order valence-electron chi connectivity index (χ2n) is 3.56. The lowest BCUT2D eigenvalue weighted by atomic mass is 10.0. The smallest absolute Gasteiger partial charge is 0.220 e. The van der Waals surface area contributed by atoms with Crippen molar-refractivity contribution in [1.29, 1.82) is 0 Å². The Kier molecular flexibility index (Phi) is 4.23. The summed E-state index contributed by atoms with van der Waals surface area (Å²) in [5.74, 6) is -0.676. The molecule has 1 rings (SSSR count). The second kappa shape index (κ2) is 5.25. The highest BCUT2D eigenvalue weighted by Gasteiger charge is 2.21. The Morgan fingerprint density at radius 1 is 1.62 bits per heavy atom. The number of halogens is 1. The Balaban J connectivity index is 2.83. The molecule has 0 radical (unpaired) electrons. The Labute approximate surface area is 97.9 Å². The summed E-state index contributed by atoms with van der Waals surface area (Å²) in [6.45, 7) is 1.73. The summed E-state index contributed by atoms with van der Waals surface area (Å²) in [5, 5.41) is 19.5. The molecule has 1 aromatic rings. The largest absolute Gasteiger partial charge is 0.390 e. The maximum atomic E-state index is 10.6. The van der Waals surface area contributed by atoms with Crippen molar-refractivity contribution in [2.45, 2.75) is 25.6 Å². The molecule has 1 aromatic heterocycles. The van der Waals surface area contributed by atoms with E-state index >= 15 is 0 Å². The normalized spacial score (nSPS) is 14.5. The highest BCUT2D eigenvalue weighted by molar-refractivity contribution is 6.30. The topological polar surface area (TPSA) is 96.4 Å². The van der Waals surface area contributed by atoms with Crippen molar-refractivity contribution in [3.8, 4) is 0 Å². The number of aromatic nitrogens is 1. The molecule has 0 bridgehead atoms. The van der Waals surface area contributed by atoms with E-state index in [0.717, 1.165) is 0 Å². The van der Waals surface area contributed by atoms with Gasteiger partial charge in [0.15, 0.2) is 0 Å². The molecule has 0 fully saturated rings. The number of aliphatic hydroxyl groups excluding tert-OH is 2. The van der Waals surface area contributed by atoms with Gasteiger partial charge in [0.2, 0.25) is 5.91 Å². The van der Waals surface area contributed by atoms with Crippen LogP contribution in [-0.4, -0.2) is 27.2 Å². The van der Waals surface area contributed by atoms with E-state index in [9.17, 15) is 15.0 Å². The number of aryl methyl sites for hydroxylation is 1. The van der Waals surface area contributed by atoms with Crippen LogP contribution in [0.5, 0.6) is 0 Å². The molecule has 0 spiro atoms. The fourth-order valence-electron chi connectivity index (χ4n) is 1.28. The summed E-state index contributed by atoms with van der Waals surface area (Å²) in [5.41, 5.74) is 6.00. The first-order valence-corrected chi connectivity index (χ1v) is 5.06. The van der Waals surface area contributed by atoms with Gasteiger partial charge in [0.25, 0.3) is 0 Å². The molecule has 0 saturated heterocycles. The van der Waals surface area contributed by atoms with E-state index in [0.29, 0.717) is 16.3 Å².